The van der Waals surface area contributed by atoms with Gasteiger partial charge in [-0.2, -0.15) is 4.31 Å². The average molecular weight is 268 g/mol. The zero-order valence-corrected chi connectivity index (χ0v) is 11.9. The first-order valence-electron chi connectivity index (χ1n) is 6.31. The zero-order valence-electron chi connectivity index (χ0n) is 11.1. The quantitative estimate of drug-likeness (QED) is 0.909. The van der Waals surface area contributed by atoms with E-state index < -0.39 is 10.0 Å². The van der Waals surface area contributed by atoms with Gasteiger partial charge in [-0.3, -0.25) is 0 Å². The third kappa shape index (κ3) is 2.24. The zero-order chi connectivity index (χ0) is 13.3. The van der Waals surface area contributed by atoms with Crippen LogP contribution in [0.2, 0.25) is 0 Å². The molecule has 0 fully saturated rings. The molecule has 5 heteroatoms. The highest BCUT2D eigenvalue weighted by atomic mass is 32.2. The Labute approximate surface area is 109 Å². The Morgan fingerprint density at radius 1 is 1.44 bits per heavy atom. The van der Waals surface area contributed by atoms with E-state index in [4.69, 9.17) is 0 Å². The van der Waals surface area contributed by atoms with Crippen LogP contribution < -0.4 is 5.32 Å². The highest BCUT2D eigenvalue weighted by Gasteiger charge is 2.25. The Balaban J connectivity index is 2.36. The van der Waals surface area contributed by atoms with E-state index >= 15 is 0 Å². The first-order chi connectivity index (χ1) is 8.46. The summed E-state index contributed by atoms with van der Waals surface area (Å²) >= 11 is 0. The van der Waals surface area contributed by atoms with Crippen molar-refractivity contribution in [3.05, 3.63) is 23.8 Å². The van der Waals surface area contributed by atoms with E-state index in [1.54, 1.807) is 19.2 Å². The Morgan fingerprint density at radius 2 is 2.17 bits per heavy atom. The minimum atomic E-state index is -3.37. The fourth-order valence-corrected chi connectivity index (χ4v) is 3.59. The standard InChI is InChI=1S/C13H20N2O2S/c1-4-10(2)15(3)18(16,17)12-5-6-13-11(9-12)7-8-14-13/h5-6,9-10,14H,4,7-8H2,1-3H3/t10-/m1/s1. The van der Waals surface area contributed by atoms with E-state index in [2.05, 4.69) is 5.32 Å². The Hall–Kier alpha value is -1.07. The van der Waals surface area contributed by atoms with Crippen LogP contribution in [0.25, 0.3) is 0 Å². The molecule has 0 aliphatic carbocycles. The van der Waals surface area contributed by atoms with Gasteiger partial charge in [0, 0.05) is 25.3 Å². The summed E-state index contributed by atoms with van der Waals surface area (Å²) < 4.78 is 26.3. The highest BCUT2D eigenvalue weighted by molar-refractivity contribution is 7.89. The van der Waals surface area contributed by atoms with Gasteiger partial charge < -0.3 is 5.32 Å². The van der Waals surface area contributed by atoms with E-state index in [1.165, 1.54) is 4.31 Å². The molecule has 2 rings (SSSR count). The summed E-state index contributed by atoms with van der Waals surface area (Å²) in [6.07, 6.45) is 1.70. The molecule has 0 radical (unpaired) electrons. The Kier molecular flexibility index (Phi) is 3.64. The topological polar surface area (TPSA) is 49.4 Å². The molecule has 1 N–H and O–H groups in total. The molecule has 18 heavy (non-hydrogen) atoms. The number of hydrogen-bond acceptors (Lipinski definition) is 3. The van der Waals surface area contributed by atoms with Crippen molar-refractivity contribution in [2.75, 3.05) is 18.9 Å². The number of rotatable bonds is 4. The Morgan fingerprint density at radius 3 is 2.83 bits per heavy atom. The fraction of sp³-hybridized carbons (Fsp3) is 0.538. The van der Waals surface area contributed by atoms with Crippen molar-refractivity contribution in [3.8, 4) is 0 Å². The molecule has 0 aromatic heterocycles. The molecule has 100 valence electrons. The number of hydrogen-bond donors (Lipinski definition) is 1. The van der Waals surface area contributed by atoms with Crippen molar-refractivity contribution in [2.45, 2.75) is 37.6 Å². The smallest absolute Gasteiger partial charge is 0.243 e. The van der Waals surface area contributed by atoms with Crippen LogP contribution in [0.15, 0.2) is 23.1 Å². The number of benzene rings is 1. The predicted octanol–water partition coefficient (Wildman–Crippen LogP) is 2.07. The van der Waals surface area contributed by atoms with Gasteiger partial charge in [-0.05, 0) is 43.5 Å². The van der Waals surface area contributed by atoms with E-state index in [1.807, 2.05) is 19.9 Å². The van der Waals surface area contributed by atoms with Crippen LogP contribution in [0.1, 0.15) is 25.8 Å². The highest BCUT2D eigenvalue weighted by Crippen LogP contribution is 2.27. The number of sulfonamides is 1. The maximum Gasteiger partial charge on any atom is 0.243 e. The molecular weight excluding hydrogens is 248 g/mol. The lowest BCUT2D eigenvalue weighted by Gasteiger charge is -2.23. The summed E-state index contributed by atoms with van der Waals surface area (Å²) in [5, 5.41) is 3.23. The van der Waals surface area contributed by atoms with Crippen LogP contribution in [0.5, 0.6) is 0 Å². The molecule has 0 saturated heterocycles. The Bertz CT molecular complexity index is 540. The second-order valence-electron chi connectivity index (χ2n) is 4.77. The molecule has 0 saturated carbocycles. The van der Waals surface area contributed by atoms with Crippen LogP contribution in [0.4, 0.5) is 5.69 Å². The number of fused-ring (bicyclic) bond motifs is 1. The van der Waals surface area contributed by atoms with Crippen molar-refractivity contribution in [1.29, 1.82) is 0 Å². The van der Waals surface area contributed by atoms with Crippen LogP contribution in [-0.2, 0) is 16.4 Å². The SMILES string of the molecule is CC[C@@H](C)N(C)S(=O)(=O)c1ccc2c(c1)CCN2. The predicted molar refractivity (Wildman–Crippen MR) is 73.3 cm³/mol. The van der Waals surface area contributed by atoms with Gasteiger partial charge in [0.05, 0.1) is 4.90 Å². The van der Waals surface area contributed by atoms with Gasteiger partial charge >= 0.3 is 0 Å². The number of nitrogens with zero attached hydrogens (tertiary/aromatic N) is 1. The lowest BCUT2D eigenvalue weighted by molar-refractivity contribution is 0.380. The molecule has 1 heterocycles. The molecule has 1 aliphatic heterocycles. The molecule has 0 spiro atoms. The van der Waals surface area contributed by atoms with Crippen molar-refractivity contribution in [1.82, 2.24) is 4.31 Å². The van der Waals surface area contributed by atoms with E-state index in [-0.39, 0.29) is 6.04 Å². The van der Waals surface area contributed by atoms with Crippen LogP contribution in [0, 0.1) is 0 Å². The summed E-state index contributed by atoms with van der Waals surface area (Å²) in [6, 6.07) is 5.36. The van der Waals surface area contributed by atoms with Crippen LogP contribution in [-0.4, -0.2) is 32.4 Å². The van der Waals surface area contributed by atoms with Gasteiger partial charge in [-0.1, -0.05) is 6.92 Å². The van der Waals surface area contributed by atoms with Gasteiger partial charge in [-0.15, -0.1) is 0 Å². The maximum atomic E-state index is 12.4. The maximum absolute atomic E-state index is 12.4. The minimum absolute atomic E-state index is 0.0152. The van der Waals surface area contributed by atoms with Crippen molar-refractivity contribution < 1.29 is 8.42 Å². The minimum Gasteiger partial charge on any atom is -0.384 e. The lowest BCUT2D eigenvalue weighted by atomic mass is 10.2. The second-order valence-corrected chi connectivity index (χ2v) is 6.77. The summed E-state index contributed by atoms with van der Waals surface area (Å²) in [6.45, 7) is 4.80. The number of anilines is 1. The lowest BCUT2D eigenvalue weighted by Crippen LogP contribution is -2.34. The molecule has 4 nitrogen and oxygen atoms in total. The second kappa shape index (κ2) is 4.90. The largest absolute Gasteiger partial charge is 0.384 e. The molecular formula is C13H20N2O2S. The summed E-state index contributed by atoms with van der Waals surface area (Å²) in [4.78, 5) is 0.396. The normalized spacial score (nSPS) is 16.4. The summed E-state index contributed by atoms with van der Waals surface area (Å²) in [5.74, 6) is 0. The van der Waals surface area contributed by atoms with Gasteiger partial charge in [0.2, 0.25) is 10.0 Å². The third-order valence-electron chi connectivity index (χ3n) is 3.68. The summed E-state index contributed by atoms with van der Waals surface area (Å²) in [7, 11) is -1.72. The molecule has 1 aromatic carbocycles. The van der Waals surface area contributed by atoms with E-state index in [0.717, 1.165) is 30.6 Å². The van der Waals surface area contributed by atoms with Crippen molar-refractivity contribution >= 4 is 15.7 Å². The van der Waals surface area contributed by atoms with Crippen LogP contribution >= 0.6 is 0 Å². The van der Waals surface area contributed by atoms with Gasteiger partial charge in [0.1, 0.15) is 0 Å². The first-order valence-corrected chi connectivity index (χ1v) is 7.75. The molecule has 0 unspecified atom stereocenters. The molecule has 1 atom stereocenters. The summed E-state index contributed by atoms with van der Waals surface area (Å²) in [5.41, 5.74) is 2.15. The molecule has 0 amide bonds. The van der Waals surface area contributed by atoms with Gasteiger partial charge in [0.15, 0.2) is 0 Å². The van der Waals surface area contributed by atoms with Crippen molar-refractivity contribution in [2.24, 2.45) is 0 Å². The number of nitrogens with one attached hydrogen (secondary N) is 1. The fourth-order valence-electron chi connectivity index (χ4n) is 2.10. The monoisotopic (exact) mass is 268 g/mol. The molecule has 1 aliphatic rings. The molecule has 0 bridgehead atoms. The van der Waals surface area contributed by atoms with Gasteiger partial charge in [0.25, 0.3) is 0 Å². The van der Waals surface area contributed by atoms with Crippen molar-refractivity contribution in [3.63, 3.8) is 0 Å². The van der Waals surface area contributed by atoms with E-state index in [9.17, 15) is 8.42 Å². The molecule has 1 aromatic rings. The van der Waals surface area contributed by atoms with Crippen LogP contribution in [0.3, 0.4) is 0 Å². The van der Waals surface area contributed by atoms with Gasteiger partial charge in [-0.25, -0.2) is 8.42 Å². The third-order valence-corrected chi connectivity index (χ3v) is 5.64. The first kappa shape index (κ1) is 13.4. The average Bonchev–Trinajstić information content (AvgIpc) is 2.83. The van der Waals surface area contributed by atoms with E-state index in [0.29, 0.717) is 4.90 Å².